The van der Waals surface area contributed by atoms with Gasteiger partial charge in [-0.05, 0) is 29.7 Å². The third-order valence-corrected chi connectivity index (χ3v) is 4.91. The van der Waals surface area contributed by atoms with Crippen molar-refractivity contribution in [2.45, 2.75) is 27.7 Å². The standard InChI is InChI=1S/C22H31ClN2O4/c1-15(2)14-29-21-18(23)12-17(13-19(21)28-5)6-7-20(26)24-8-10-25(11-9-24)22(27)16(3)4/h6-7,12-13,15-16H,8-11,14H2,1-5H3/b7-6+. The molecule has 1 saturated heterocycles. The molecule has 29 heavy (non-hydrogen) atoms. The molecule has 1 aliphatic rings. The lowest BCUT2D eigenvalue weighted by molar-refractivity contribution is -0.139. The van der Waals surface area contributed by atoms with E-state index in [0.29, 0.717) is 55.2 Å². The number of ether oxygens (including phenoxy) is 2. The molecule has 0 radical (unpaired) electrons. The van der Waals surface area contributed by atoms with Crippen molar-refractivity contribution < 1.29 is 19.1 Å². The summed E-state index contributed by atoms with van der Waals surface area (Å²) in [4.78, 5) is 28.1. The van der Waals surface area contributed by atoms with Crippen LogP contribution in [0.4, 0.5) is 0 Å². The van der Waals surface area contributed by atoms with Crippen LogP contribution in [0.2, 0.25) is 5.02 Å². The minimum Gasteiger partial charge on any atom is -0.493 e. The number of amides is 2. The highest BCUT2D eigenvalue weighted by atomic mass is 35.5. The fourth-order valence-electron chi connectivity index (χ4n) is 3.01. The van der Waals surface area contributed by atoms with Gasteiger partial charge in [-0.1, -0.05) is 39.3 Å². The Morgan fingerprint density at radius 2 is 1.72 bits per heavy atom. The number of rotatable bonds is 7. The average molecular weight is 423 g/mol. The second-order valence-electron chi connectivity index (χ2n) is 7.88. The molecule has 0 bridgehead atoms. The number of piperazine rings is 1. The minimum atomic E-state index is -0.0862. The van der Waals surface area contributed by atoms with Crippen molar-refractivity contribution in [1.29, 1.82) is 0 Å². The summed E-state index contributed by atoms with van der Waals surface area (Å²) in [6.45, 7) is 10.6. The van der Waals surface area contributed by atoms with E-state index in [9.17, 15) is 9.59 Å². The van der Waals surface area contributed by atoms with E-state index in [0.717, 1.165) is 5.56 Å². The Hall–Kier alpha value is -2.21. The zero-order valence-electron chi connectivity index (χ0n) is 17.9. The topological polar surface area (TPSA) is 59.1 Å². The van der Waals surface area contributed by atoms with Gasteiger partial charge in [-0.15, -0.1) is 0 Å². The molecule has 0 aromatic heterocycles. The molecule has 2 amide bonds. The maximum Gasteiger partial charge on any atom is 0.246 e. The number of carbonyl (C=O) groups is 2. The number of hydrogen-bond donors (Lipinski definition) is 0. The van der Waals surface area contributed by atoms with Gasteiger partial charge in [-0.2, -0.15) is 0 Å². The first-order chi connectivity index (χ1) is 13.7. The predicted octanol–water partition coefficient (Wildman–Crippen LogP) is 3.72. The molecule has 7 heteroatoms. The number of methoxy groups -OCH3 is 1. The monoisotopic (exact) mass is 422 g/mol. The molecule has 0 atom stereocenters. The zero-order chi connectivity index (χ0) is 21.6. The lowest BCUT2D eigenvalue weighted by atomic mass is 10.1. The van der Waals surface area contributed by atoms with E-state index < -0.39 is 0 Å². The quantitative estimate of drug-likeness (QED) is 0.628. The smallest absolute Gasteiger partial charge is 0.246 e. The van der Waals surface area contributed by atoms with Crippen molar-refractivity contribution >= 4 is 29.5 Å². The highest BCUT2D eigenvalue weighted by molar-refractivity contribution is 6.32. The van der Waals surface area contributed by atoms with E-state index in [4.69, 9.17) is 21.1 Å². The molecular formula is C22H31ClN2O4. The lowest BCUT2D eigenvalue weighted by Gasteiger charge is -2.35. The Labute approximate surface area is 178 Å². The number of hydrogen-bond acceptors (Lipinski definition) is 4. The third kappa shape index (κ3) is 6.39. The van der Waals surface area contributed by atoms with Crippen LogP contribution in [0.3, 0.4) is 0 Å². The summed E-state index contributed by atoms with van der Waals surface area (Å²) < 4.78 is 11.2. The molecule has 2 rings (SSSR count). The van der Waals surface area contributed by atoms with Gasteiger partial charge in [0.05, 0.1) is 18.7 Å². The van der Waals surface area contributed by atoms with Gasteiger partial charge in [0.1, 0.15) is 0 Å². The summed E-state index contributed by atoms with van der Waals surface area (Å²) in [5, 5.41) is 0.443. The molecular weight excluding hydrogens is 392 g/mol. The van der Waals surface area contributed by atoms with Crippen molar-refractivity contribution in [1.82, 2.24) is 9.80 Å². The molecule has 160 valence electrons. The first-order valence-corrected chi connectivity index (χ1v) is 10.4. The number of nitrogens with zero attached hydrogens (tertiary/aromatic N) is 2. The van der Waals surface area contributed by atoms with Crippen molar-refractivity contribution in [3.63, 3.8) is 0 Å². The zero-order valence-corrected chi connectivity index (χ0v) is 18.7. The van der Waals surface area contributed by atoms with E-state index in [-0.39, 0.29) is 17.7 Å². The van der Waals surface area contributed by atoms with Crippen LogP contribution < -0.4 is 9.47 Å². The Balaban J connectivity index is 2.01. The second kappa shape index (κ2) is 10.5. The molecule has 0 N–H and O–H groups in total. The highest BCUT2D eigenvalue weighted by Gasteiger charge is 2.24. The Bertz CT molecular complexity index is 753. The molecule has 0 aliphatic carbocycles. The van der Waals surface area contributed by atoms with E-state index in [1.165, 1.54) is 6.08 Å². The number of halogens is 1. The summed E-state index contributed by atoms with van der Waals surface area (Å²) in [7, 11) is 1.56. The van der Waals surface area contributed by atoms with Crippen LogP contribution in [0, 0.1) is 11.8 Å². The molecule has 6 nitrogen and oxygen atoms in total. The molecule has 1 fully saturated rings. The maximum absolute atomic E-state index is 12.5. The summed E-state index contributed by atoms with van der Waals surface area (Å²) >= 11 is 6.36. The normalized spacial score (nSPS) is 14.8. The van der Waals surface area contributed by atoms with Gasteiger partial charge in [0.2, 0.25) is 11.8 Å². The van der Waals surface area contributed by atoms with E-state index >= 15 is 0 Å². The fourth-order valence-corrected chi connectivity index (χ4v) is 3.29. The third-order valence-electron chi connectivity index (χ3n) is 4.63. The van der Waals surface area contributed by atoms with Crippen molar-refractivity contribution in [3.05, 3.63) is 28.8 Å². The van der Waals surface area contributed by atoms with Crippen molar-refractivity contribution in [2.75, 3.05) is 39.9 Å². The molecule has 1 aliphatic heterocycles. The summed E-state index contributed by atoms with van der Waals surface area (Å²) in [5.41, 5.74) is 0.755. The first kappa shape index (κ1) is 23.1. The van der Waals surface area contributed by atoms with Gasteiger partial charge in [-0.3, -0.25) is 9.59 Å². The van der Waals surface area contributed by atoms with Gasteiger partial charge >= 0.3 is 0 Å². The molecule has 0 spiro atoms. The molecule has 0 unspecified atom stereocenters. The first-order valence-electron chi connectivity index (χ1n) is 9.99. The Morgan fingerprint density at radius 3 is 2.28 bits per heavy atom. The highest BCUT2D eigenvalue weighted by Crippen LogP contribution is 2.37. The van der Waals surface area contributed by atoms with Crippen LogP contribution in [0.1, 0.15) is 33.3 Å². The second-order valence-corrected chi connectivity index (χ2v) is 8.28. The largest absolute Gasteiger partial charge is 0.493 e. The van der Waals surface area contributed by atoms with Crippen LogP contribution in [-0.4, -0.2) is 61.5 Å². The summed E-state index contributed by atoms with van der Waals surface area (Å²) in [5.74, 6) is 1.43. The van der Waals surface area contributed by atoms with Gasteiger partial charge in [0, 0.05) is 38.2 Å². The van der Waals surface area contributed by atoms with Crippen LogP contribution >= 0.6 is 11.6 Å². The van der Waals surface area contributed by atoms with Crippen LogP contribution in [0.15, 0.2) is 18.2 Å². The fraction of sp³-hybridized carbons (Fsp3) is 0.545. The SMILES string of the molecule is COc1cc(/C=C/C(=O)N2CCN(C(=O)C(C)C)CC2)cc(Cl)c1OCC(C)C. The Kier molecular flexibility index (Phi) is 8.38. The Morgan fingerprint density at radius 1 is 1.10 bits per heavy atom. The van der Waals surface area contributed by atoms with Crippen LogP contribution in [0.5, 0.6) is 11.5 Å². The maximum atomic E-state index is 12.5. The van der Waals surface area contributed by atoms with E-state index in [2.05, 4.69) is 13.8 Å². The molecule has 1 aromatic rings. The van der Waals surface area contributed by atoms with E-state index in [1.54, 1.807) is 30.2 Å². The molecule has 0 saturated carbocycles. The van der Waals surface area contributed by atoms with Gasteiger partial charge < -0.3 is 19.3 Å². The summed E-state index contributed by atoms with van der Waals surface area (Å²) in [6, 6.07) is 3.55. The summed E-state index contributed by atoms with van der Waals surface area (Å²) in [6.07, 6.45) is 3.24. The van der Waals surface area contributed by atoms with Gasteiger partial charge in [0.15, 0.2) is 11.5 Å². The predicted molar refractivity (Wildman–Crippen MR) is 115 cm³/mol. The number of carbonyl (C=O) groups excluding carboxylic acids is 2. The van der Waals surface area contributed by atoms with Gasteiger partial charge in [-0.25, -0.2) is 0 Å². The van der Waals surface area contributed by atoms with Crippen LogP contribution in [0.25, 0.3) is 6.08 Å². The minimum absolute atomic E-state index is 0.0237. The number of benzene rings is 1. The van der Waals surface area contributed by atoms with Crippen molar-refractivity contribution in [2.24, 2.45) is 11.8 Å². The molecule has 1 heterocycles. The lowest BCUT2D eigenvalue weighted by Crippen LogP contribution is -2.51. The van der Waals surface area contributed by atoms with Crippen LogP contribution in [-0.2, 0) is 9.59 Å². The van der Waals surface area contributed by atoms with Crippen molar-refractivity contribution in [3.8, 4) is 11.5 Å². The average Bonchev–Trinajstić information content (AvgIpc) is 2.70. The van der Waals surface area contributed by atoms with Gasteiger partial charge in [0.25, 0.3) is 0 Å². The molecule has 1 aromatic carbocycles. The van der Waals surface area contributed by atoms with E-state index in [1.807, 2.05) is 18.7 Å².